The standard InChI is InChI=1S/C29H21ClN2OS2/c1-20(33)27-31-32(24-18-16-23(30)17-19-24)29(34-27)26-15-9-8-14-25(26)28(35-29,21-10-4-2-5-11-21)22-12-6-3-7-13-22/h2-19H,1H3/t29-/m0/s1. The van der Waals surface area contributed by atoms with Gasteiger partial charge in [0.25, 0.3) is 0 Å². The van der Waals surface area contributed by atoms with Crippen molar-refractivity contribution < 1.29 is 4.79 Å². The topological polar surface area (TPSA) is 32.7 Å². The zero-order valence-electron chi connectivity index (χ0n) is 18.9. The number of fused-ring (bicyclic) bond motifs is 2. The van der Waals surface area contributed by atoms with Gasteiger partial charge in [-0.2, -0.15) is 5.10 Å². The van der Waals surface area contributed by atoms with E-state index in [4.69, 9.17) is 16.7 Å². The van der Waals surface area contributed by atoms with E-state index in [1.54, 1.807) is 6.92 Å². The first-order valence-corrected chi connectivity index (χ1v) is 13.3. The number of hydrazone groups is 1. The molecule has 0 unspecified atom stereocenters. The molecule has 0 aliphatic carbocycles. The van der Waals surface area contributed by atoms with Gasteiger partial charge in [-0.25, -0.2) is 5.01 Å². The lowest BCUT2D eigenvalue weighted by Crippen LogP contribution is -2.34. The second-order valence-corrected chi connectivity index (χ2v) is 11.8. The number of anilines is 1. The predicted octanol–water partition coefficient (Wildman–Crippen LogP) is 7.64. The molecule has 0 radical (unpaired) electrons. The van der Waals surface area contributed by atoms with Crippen molar-refractivity contribution in [2.75, 3.05) is 5.01 Å². The van der Waals surface area contributed by atoms with Gasteiger partial charge in [0.1, 0.15) is 0 Å². The average molecular weight is 513 g/mol. The van der Waals surface area contributed by atoms with E-state index in [2.05, 4.69) is 72.8 Å². The van der Waals surface area contributed by atoms with Gasteiger partial charge >= 0.3 is 0 Å². The Morgan fingerprint density at radius 3 is 1.89 bits per heavy atom. The summed E-state index contributed by atoms with van der Waals surface area (Å²) < 4.78 is -1.16. The van der Waals surface area contributed by atoms with E-state index in [1.807, 2.05) is 53.2 Å². The number of hydrogen-bond acceptors (Lipinski definition) is 5. The maximum absolute atomic E-state index is 12.6. The van der Waals surface area contributed by atoms with Crippen molar-refractivity contribution in [3.05, 3.63) is 136 Å². The van der Waals surface area contributed by atoms with Gasteiger partial charge in [-0.1, -0.05) is 120 Å². The molecule has 4 aromatic carbocycles. The van der Waals surface area contributed by atoms with Crippen molar-refractivity contribution in [2.24, 2.45) is 5.10 Å². The fourth-order valence-corrected chi connectivity index (χ4v) is 8.55. The second-order valence-electron chi connectivity index (χ2n) is 8.49. The fourth-order valence-electron chi connectivity index (χ4n) is 4.86. The Hall–Kier alpha value is -2.99. The predicted molar refractivity (Wildman–Crippen MR) is 148 cm³/mol. The average Bonchev–Trinajstić information content (AvgIpc) is 3.43. The summed E-state index contributed by atoms with van der Waals surface area (Å²) in [6.07, 6.45) is 0. The molecule has 4 aromatic rings. The number of thioether (sulfide) groups is 2. The summed E-state index contributed by atoms with van der Waals surface area (Å²) in [4.78, 5) is 12.6. The number of hydrogen-bond donors (Lipinski definition) is 0. The summed E-state index contributed by atoms with van der Waals surface area (Å²) in [6, 6.07) is 37.4. The highest BCUT2D eigenvalue weighted by Crippen LogP contribution is 2.70. The van der Waals surface area contributed by atoms with E-state index in [1.165, 1.54) is 28.5 Å². The monoisotopic (exact) mass is 512 g/mol. The minimum atomic E-state index is -0.670. The number of ketones is 1. The first kappa shape index (κ1) is 22.5. The van der Waals surface area contributed by atoms with E-state index >= 15 is 0 Å². The molecule has 6 rings (SSSR count). The van der Waals surface area contributed by atoms with Crippen molar-refractivity contribution in [1.29, 1.82) is 0 Å². The van der Waals surface area contributed by atoms with E-state index in [0.29, 0.717) is 10.1 Å². The van der Waals surface area contributed by atoms with Crippen molar-refractivity contribution in [1.82, 2.24) is 0 Å². The Balaban J connectivity index is 1.64. The molecule has 0 aromatic heterocycles. The molecule has 35 heavy (non-hydrogen) atoms. The minimum absolute atomic E-state index is 0.0409. The molecule has 2 aliphatic rings. The van der Waals surface area contributed by atoms with Gasteiger partial charge in [0, 0.05) is 17.5 Å². The molecule has 1 atom stereocenters. The van der Waals surface area contributed by atoms with Gasteiger partial charge in [-0.15, -0.1) is 0 Å². The summed E-state index contributed by atoms with van der Waals surface area (Å²) in [5, 5.41) is 8.04. The summed E-state index contributed by atoms with van der Waals surface area (Å²) in [7, 11) is 0. The van der Waals surface area contributed by atoms with Crippen LogP contribution in [0.2, 0.25) is 5.02 Å². The number of carbonyl (C=O) groups excluding carboxylic acids is 1. The van der Waals surface area contributed by atoms with Crippen LogP contribution in [0.15, 0.2) is 114 Å². The lowest BCUT2D eigenvalue weighted by Gasteiger charge is -2.37. The Morgan fingerprint density at radius 1 is 0.771 bits per heavy atom. The number of carbonyl (C=O) groups is 1. The van der Waals surface area contributed by atoms with Crippen molar-refractivity contribution in [3.63, 3.8) is 0 Å². The van der Waals surface area contributed by atoms with Crippen LogP contribution >= 0.6 is 35.1 Å². The Kier molecular flexibility index (Phi) is 5.52. The van der Waals surface area contributed by atoms with Gasteiger partial charge in [0.2, 0.25) is 0 Å². The van der Waals surface area contributed by atoms with Crippen LogP contribution in [0.5, 0.6) is 0 Å². The molecule has 2 heterocycles. The summed E-state index contributed by atoms with van der Waals surface area (Å²) in [5.74, 6) is -0.0409. The SMILES string of the molecule is CC(=O)C1=NN(c2ccc(Cl)cc2)[C@@]2(S1)SC(c1ccccc1)(c1ccccc1)c1ccccc12. The molecular formula is C29H21ClN2OS2. The number of Topliss-reactive ketones (excluding diaryl/α,β-unsaturated/α-hetero) is 1. The normalized spacial score (nSPS) is 20.1. The summed E-state index contributed by atoms with van der Waals surface area (Å²) >= 11 is 9.56. The van der Waals surface area contributed by atoms with E-state index in [0.717, 1.165) is 11.3 Å². The zero-order valence-corrected chi connectivity index (χ0v) is 21.3. The third-order valence-corrected chi connectivity index (χ3v) is 10.0. The third kappa shape index (κ3) is 3.45. The zero-order chi connectivity index (χ0) is 24.0. The smallest absolute Gasteiger partial charge is 0.187 e. The van der Waals surface area contributed by atoms with Crippen LogP contribution in [0, 0.1) is 0 Å². The van der Waals surface area contributed by atoms with Gasteiger partial charge in [0.15, 0.2) is 15.0 Å². The molecule has 3 nitrogen and oxygen atoms in total. The van der Waals surface area contributed by atoms with E-state index in [-0.39, 0.29) is 5.78 Å². The molecular weight excluding hydrogens is 492 g/mol. The highest BCUT2D eigenvalue weighted by atomic mass is 35.5. The van der Waals surface area contributed by atoms with Crippen LogP contribution < -0.4 is 5.01 Å². The lowest BCUT2D eigenvalue weighted by atomic mass is 9.82. The number of rotatable bonds is 4. The minimum Gasteiger partial charge on any atom is -0.292 e. The van der Waals surface area contributed by atoms with Gasteiger partial charge in [-0.05, 0) is 41.0 Å². The molecule has 0 bridgehead atoms. The van der Waals surface area contributed by atoms with Crippen LogP contribution in [0.1, 0.15) is 29.2 Å². The van der Waals surface area contributed by atoms with Crippen molar-refractivity contribution >= 4 is 51.6 Å². The Morgan fingerprint density at radius 2 is 1.31 bits per heavy atom. The largest absolute Gasteiger partial charge is 0.292 e. The molecule has 1 spiro atoms. The third-order valence-electron chi connectivity index (χ3n) is 6.38. The highest BCUT2D eigenvalue weighted by molar-refractivity contribution is 8.27. The molecule has 0 saturated heterocycles. The van der Waals surface area contributed by atoms with Crippen molar-refractivity contribution in [3.8, 4) is 0 Å². The molecule has 0 N–H and O–H groups in total. The van der Waals surface area contributed by atoms with Crippen molar-refractivity contribution in [2.45, 2.75) is 15.9 Å². The fraction of sp³-hybridized carbons (Fsp3) is 0.103. The van der Waals surface area contributed by atoms with Gasteiger partial charge in [0.05, 0.1) is 10.4 Å². The maximum Gasteiger partial charge on any atom is 0.187 e. The van der Waals surface area contributed by atoms with Crippen LogP contribution in [0.3, 0.4) is 0 Å². The molecule has 2 aliphatic heterocycles. The van der Waals surface area contributed by atoms with E-state index in [9.17, 15) is 4.79 Å². The number of nitrogens with zero attached hydrogens (tertiary/aromatic N) is 2. The summed E-state index contributed by atoms with van der Waals surface area (Å²) in [5.41, 5.74) is 5.60. The van der Waals surface area contributed by atoms with Gasteiger partial charge in [-0.3, -0.25) is 4.79 Å². The first-order valence-electron chi connectivity index (χ1n) is 11.3. The lowest BCUT2D eigenvalue weighted by molar-refractivity contribution is -0.110. The van der Waals surface area contributed by atoms with Crippen LogP contribution in [-0.4, -0.2) is 10.8 Å². The van der Waals surface area contributed by atoms with E-state index < -0.39 is 8.95 Å². The quantitative estimate of drug-likeness (QED) is 0.281. The number of benzene rings is 4. The van der Waals surface area contributed by atoms with Crippen LogP contribution in [-0.2, 0) is 13.7 Å². The maximum atomic E-state index is 12.6. The molecule has 0 fully saturated rings. The highest BCUT2D eigenvalue weighted by Gasteiger charge is 2.61. The second kappa shape index (κ2) is 8.59. The molecule has 6 heteroatoms. The molecule has 172 valence electrons. The molecule has 0 amide bonds. The van der Waals surface area contributed by atoms with Crippen LogP contribution in [0.4, 0.5) is 5.69 Å². The van der Waals surface area contributed by atoms with Crippen LogP contribution in [0.25, 0.3) is 0 Å². The summed E-state index contributed by atoms with van der Waals surface area (Å²) in [6.45, 7) is 1.58. The Labute approximate surface area is 218 Å². The molecule has 0 saturated carbocycles. The van der Waals surface area contributed by atoms with Gasteiger partial charge < -0.3 is 0 Å². The first-order chi connectivity index (χ1) is 17.0. The Bertz CT molecular complexity index is 1400. The number of halogens is 1.